The van der Waals surface area contributed by atoms with Gasteiger partial charge in [-0.15, -0.1) is 5.10 Å². The molecule has 8 heteroatoms. The van der Waals surface area contributed by atoms with Crippen molar-refractivity contribution < 1.29 is 9.50 Å². The number of halogens is 1. The highest BCUT2D eigenvalue weighted by molar-refractivity contribution is 7.17. The smallest absolute Gasteiger partial charge is 0.230 e. The normalized spacial score (nSPS) is 18.0. The number of nitrogens with zero attached hydrogens (tertiary/aromatic N) is 5. The Morgan fingerprint density at radius 2 is 1.84 bits per heavy atom. The van der Waals surface area contributed by atoms with E-state index in [2.05, 4.69) is 26.9 Å². The summed E-state index contributed by atoms with van der Waals surface area (Å²) < 4.78 is 14.9. The molecule has 4 rings (SSSR count). The average Bonchev–Trinajstić information content (AvgIpc) is 3.09. The number of hydrogen-bond donors (Lipinski definition) is 1. The molecule has 0 amide bonds. The summed E-state index contributed by atoms with van der Waals surface area (Å²) in [6.45, 7) is 5.47. The topological polar surface area (TPSA) is 56.9 Å². The first-order valence-corrected chi connectivity index (χ1v) is 9.07. The van der Waals surface area contributed by atoms with Crippen LogP contribution in [0.15, 0.2) is 24.3 Å². The van der Waals surface area contributed by atoms with Gasteiger partial charge in [0.2, 0.25) is 10.8 Å². The van der Waals surface area contributed by atoms with Gasteiger partial charge in [0.15, 0.2) is 0 Å². The average molecular weight is 361 g/mol. The lowest BCUT2D eigenvalue weighted by Crippen LogP contribution is -2.46. The number of likely N-dealkylation sites (N-methyl/N-ethyl adjacent to an activating group) is 1. The highest BCUT2D eigenvalue weighted by Crippen LogP contribution is 2.40. The summed E-state index contributed by atoms with van der Waals surface area (Å²) in [6.07, 6.45) is 0. The van der Waals surface area contributed by atoms with Gasteiger partial charge < -0.3 is 10.0 Å². The fourth-order valence-corrected chi connectivity index (χ4v) is 4.44. The molecule has 0 radical (unpaired) electrons. The molecule has 0 aliphatic carbocycles. The number of aromatic nitrogens is 3. The number of piperazine rings is 1. The maximum atomic E-state index is 13.4. The van der Waals surface area contributed by atoms with Gasteiger partial charge in [0.05, 0.1) is 10.9 Å². The first-order chi connectivity index (χ1) is 12.0. The Bertz CT molecular complexity index is 882. The molecule has 25 heavy (non-hydrogen) atoms. The van der Waals surface area contributed by atoms with Crippen LogP contribution in [0.3, 0.4) is 0 Å². The fourth-order valence-electron chi connectivity index (χ4n) is 3.28. The van der Waals surface area contributed by atoms with Crippen LogP contribution in [0.2, 0.25) is 0 Å². The molecular weight excluding hydrogens is 341 g/mol. The summed E-state index contributed by atoms with van der Waals surface area (Å²) in [5, 5.41) is 15.0. The molecule has 3 heterocycles. The van der Waals surface area contributed by atoms with E-state index in [1.807, 2.05) is 0 Å². The first kappa shape index (κ1) is 16.4. The number of thiazole rings is 1. The zero-order chi connectivity index (χ0) is 17.6. The lowest BCUT2D eigenvalue weighted by molar-refractivity contribution is 0.127. The van der Waals surface area contributed by atoms with E-state index in [1.165, 1.54) is 28.0 Å². The second-order valence-electron chi connectivity index (χ2n) is 6.44. The fraction of sp³-hybridized carbons (Fsp3) is 0.412. The highest BCUT2D eigenvalue weighted by Gasteiger charge is 2.31. The van der Waals surface area contributed by atoms with Crippen LogP contribution in [0.1, 0.15) is 22.3 Å². The summed E-state index contributed by atoms with van der Waals surface area (Å²) in [7, 11) is 2.10. The molecule has 0 saturated carbocycles. The Labute approximate surface area is 149 Å². The van der Waals surface area contributed by atoms with Crippen molar-refractivity contribution >= 4 is 16.3 Å². The summed E-state index contributed by atoms with van der Waals surface area (Å²) in [5.41, 5.74) is 0.961. The number of hydrogen-bond acceptors (Lipinski definition) is 6. The number of benzene rings is 1. The van der Waals surface area contributed by atoms with Gasteiger partial charge in [0, 0.05) is 26.2 Å². The van der Waals surface area contributed by atoms with Crippen molar-refractivity contribution in [2.24, 2.45) is 0 Å². The van der Waals surface area contributed by atoms with E-state index < -0.39 is 0 Å². The molecule has 1 atom stereocenters. The minimum absolute atomic E-state index is 0.119. The second-order valence-corrected chi connectivity index (χ2v) is 7.45. The van der Waals surface area contributed by atoms with Crippen LogP contribution in [0, 0.1) is 12.7 Å². The zero-order valence-corrected chi connectivity index (χ0v) is 15.0. The Balaban J connectivity index is 1.79. The largest absolute Gasteiger partial charge is 0.492 e. The maximum absolute atomic E-state index is 13.4. The van der Waals surface area contributed by atoms with Crippen LogP contribution < -0.4 is 0 Å². The third-order valence-corrected chi connectivity index (χ3v) is 5.72. The molecule has 1 saturated heterocycles. The quantitative estimate of drug-likeness (QED) is 0.776. The summed E-state index contributed by atoms with van der Waals surface area (Å²) in [6, 6.07) is 6.38. The van der Waals surface area contributed by atoms with E-state index in [4.69, 9.17) is 0 Å². The molecule has 1 aliphatic heterocycles. The maximum Gasteiger partial charge on any atom is 0.230 e. The zero-order valence-electron chi connectivity index (χ0n) is 14.2. The molecule has 1 aromatic carbocycles. The van der Waals surface area contributed by atoms with E-state index in [0.717, 1.165) is 36.6 Å². The Morgan fingerprint density at radius 1 is 1.16 bits per heavy atom. The number of aryl methyl sites for hydroxylation is 1. The Morgan fingerprint density at radius 3 is 2.48 bits per heavy atom. The van der Waals surface area contributed by atoms with Gasteiger partial charge in [-0.2, -0.15) is 4.52 Å². The van der Waals surface area contributed by atoms with E-state index >= 15 is 0 Å². The summed E-state index contributed by atoms with van der Waals surface area (Å²) in [5.74, 6) is 0.489. The molecule has 1 fully saturated rings. The predicted octanol–water partition coefficient (Wildman–Crippen LogP) is 2.28. The van der Waals surface area contributed by atoms with Gasteiger partial charge in [-0.3, -0.25) is 4.90 Å². The molecule has 2 aromatic heterocycles. The Kier molecular flexibility index (Phi) is 4.18. The minimum Gasteiger partial charge on any atom is -0.492 e. The standard InChI is InChI=1S/C17H20FN5OS/c1-11-19-17-23(20-11)16(24)15(25-17)14(12-3-5-13(18)6-4-12)22-9-7-21(2)8-10-22/h3-6,14,24H,7-10H2,1-2H3/t14-/m0/s1. The van der Waals surface area contributed by atoms with E-state index in [1.54, 1.807) is 19.1 Å². The van der Waals surface area contributed by atoms with Crippen molar-refractivity contribution in [2.75, 3.05) is 33.2 Å². The molecule has 0 spiro atoms. The third-order valence-electron chi connectivity index (χ3n) is 4.64. The summed E-state index contributed by atoms with van der Waals surface area (Å²) >= 11 is 1.44. The van der Waals surface area contributed by atoms with Gasteiger partial charge in [-0.05, 0) is 31.7 Å². The van der Waals surface area contributed by atoms with Crippen molar-refractivity contribution in [3.63, 3.8) is 0 Å². The summed E-state index contributed by atoms with van der Waals surface area (Å²) in [4.78, 5) is 10.4. The van der Waals surface area contributed by atoms with E-state index in [-0.39, 0.29) is 17.7 Å². The van der Waals surface area contributed by atoms with Crippen LogP contribution in [0.25, 0.3) is 4.96 Å². The van der Waals surface area contributed by atoms with Crippen LogP contribution in [-0.4, -0.2) is 62.7 Å². The van der Waals surface area contributed by atoms with Crippen molar-refractivity contribution in [3.05, 3.63) is 46.3 Å². The van der Waals surface area contributed by atoms with Crippen LogP contribution in [0.5, 0.6) is 5.88 Å². The lowest BCUT2D eigenvalue weighted by Gasteiger charge is -2.37. The minimum atomic E-state index is -0.261. The predicted molar refractivity (Wildman–Crippen MR) is 94.6 cm³/mol. The third kappa shape index (κ3) is 3.01. The number of rotatable bonds is 3. The molecular formula is C17H20FN5OS. The first-order valence-electron chi connectivity index (χ1n) is 8.26. The van der Waals surface area contributed by atoms with Crippen LogP contribution >= 0.6 is 11.3 Å². The van der Waals surface area contributed by atoms with Crippen molar-refractivity contribution in [2.45, 2.75) is 13.0 Å². The Hall–Kier alpha value is -2.03. The SMILES string of the molecule is Cc1nc2sc([C@H](c3ccc(F)cc3)N3CCN(C)CC3)c(O)n2n1. The monoisotopic (exact) mass is 361 g/mol. The molecule has 0 bridgehead atoms. The van der Waals surface area contributed by atoms with Crippen molar-refractivity contribution in [1.29, 1.82) is 0 Å². The van der Waals surface area contributed by atoms with Gasteiger partial charge in [0.25, 0.3) is 0 Å². The second kappa shape index (κ2) is 6.36. The molecule has 3 aromatic rings. The van der Waals surface area contributed by atoms with E-state index in [9.17, 15) is 9.50 Å². The van der Waals surface area contributed by atoms with Gasteiger partial charge >= 0.3 is 0 Å². The highest BCUT2D eigenvalue weighted by atomic mass is 32.1. The molecule has 1 N–H and O–H groups in total. The molecule has 1 aliphatic rings. The van der Waals surface area contributed by atoms with Crippen molar-refractivity contribution in [1.82, 2.24) is 24.4 Å². The van der Waals surface area contributed by atoms with Crippen LogP contribution in [0.4, 0.5) is 4.39 Å². The van der Waals surface area contributed by atoms with Gasteiger partial charge in [0.1, 0.15) is 11.6 Å². The van der Waals surface area contributed by atoms with Crippen LogP contribution in [-0.2, 0) is 0 Å². The number of fused-ring (bicyclic) bond motifs is 1. The van der Waals surface area contributed by atoms with E-state index in [0.29, 0.717) is 10.8 Å². The van der Waals surface area contributed by atoms with Gasteiger partial charge in [-0.1, -0.05) is 23.5 Å². The number of aromatic hydroxyl groups is 1. The van der Waals surface area contributed by atoms with Gasteiger partial charge in [-0.25, -0.2) is 9.37 Å². The molecule has 0 unspecified atom stereocenters. The van der Waals surface area contributed by atoms with Crippen molar-refractivity contribution in [3.8, 4) is 5.88 Å². The molecule has 132 valence electrons. The lowest BCUT2D eigenvalue weighted by atomic mass is 10.0. The molecule has 6 nitrogen and oxygen atoms in total.